The molecule has 1 aromatic heterocycles. The van der Waals surface area contributed by atoms with E-state index in [1.807, 2.05) is 29.2 Å². The van der Waals surface area contributed by atoms with E-state index in [-0.39, 0.29) is 17.9 Å². The molecule has 0 radical (unpaired) electrons. The predicted octanol–water partition coefficient (Wildman–Crippen LogP) is 3.18. The number of carbonyl (C=O) groups is 1. The molecule has 0 bridgehead atoms. The average Bonchev–Trinajstić information content (AvgIpc) is 3.19. The SMILES string of the molecule is O=C([C@H]1CCOc2ccccc21)N1CCC[C@H]1c1noc(C2CC2)n1. The Kier molecular flexibility index (Phi) is 3.50. The van der Waals surface area contributed by atoms with Crippen molar-refractivity contribution in [3.05, 3.63) is 41.5 Å². The van der Waals surface area contributed by atoms with Gasteiger partial charge in [0.2, 0.25) is 11.8 Å². The highest BCUT2D eigenvalue weighted by Crippen LogP contribution is 2.41. The molecular weight excluding hydrogens is 318 g/mol. The first-order valence-electron chi connectivity index (χ1n) is 9.17. The van der Waals surface area contributed by atoms with Gasteiger partial charge in [-0.15, -0.1) is 0 Å². The molecule has 1 aromatic carbocycles. The molecule has 2 fully saturated rings. The van der Waals surface area contributed by atoms with Crippen molar-refractivity contribution >= 4 is 5.91 Å². The molecule has 1 saturated heterocycles. The molecule has 6 nitrogen and oxygen atoms in total. The molecule has 2 aromatic rings. The summed E-state index contributed by atoms with van der Waals surface area (Å²) in [5.74, 6) is 2.71. The summed E-state index contributed by atoms with van der Waals surface area (Å²) in [5, 5.41) is 4.18. The third-order valence-corrected chi connectivity index (χ3v) is 5.47. The Morgan fingerprint density at radius 2 is 2.04 bits per heavy atom. The van der Waals surface area contributed by atoms with Crippen LogP contribution in [0.3, 0.4) is 0 Å². The summed E-state index contributed by atoms with van der Waals surface area (Å²) in [7, 11) is 0. The highest BCUT2D eigenvalue weighted by atomic mass is 16.5. The molecule has 0 unspecified atom stereocenters. The van der Waals surface area contributed by atoms with Crippen molar-refractivity contribution in [3.63, 3.8) is 0 Å². The van der Waals surface area contributed by atoms with Crippen molar-refractivity contribution in [3.8, 4) is 5.75 Å². The number of aromatic nitrogens is 2. The monoisotopic (exact) mass is 339 g/mol. The Hall–Kier alpha value is -2.37. The Morgan fingerprint density at radius 3 is 2.92 bits per heavy atom. The van der Waals surface area contributed by atoms with E-state index in [1.165, 1.54) is 0 Å². The molecule has 1 aliphatic carbocycles. The summed E-state index contributed by atoms with van der Waals surface area (Å²) in [5.41, 5.74) is 0.996. The molecular formula is C19H21N3O3. The molecule has 0 N–H and O–H groups in total. The number of para-hydroxylation sites is 1. The molecule has 1 amide bonds. The number of carbonyl (C=O) groups excluding carboxylic acids is 1. The van der Waals surface area contributed by atoms with Gasteiger partial charge in [-0.2, -0.15) is 4.98 Å². The summed E-state index contributed by atoms with van der Waals surface area (Å²) in [4.78, 5) is 19.8. The van der Waals surface area contributed by atoms with E-state index >= 15 is 0 Å². The highest BCUT2D eigenvalue weighted by Gasteiger charge is 2.39. The van der Waals surface area contributed by atoms with Crippen LogP contribution < -0.4 is 4.74 Å². The van der Waals surface area contributed by atoms with Crippen molar-refractivity contribution in [2.75, 3.05) is 13.2 Å². The molecule has 3 heterocycles. The normalized spacial score (nSPS) is 25.5. The molecule has 6 heteroatoms. The number of nitrogens with zero attached hydrogens (tertiary/aromatic N) is 3. The number of amides is 1. The maximum Gasteiger partial charge on any atom is 0.231 e. The van der Waals surface area contributed by atoms with Gasteiger partial charge in [-0.3, -0.25) is 4.79 Å². The van der Waals surface area contributed by atoms with Crippen LogP contribution in [0.4, 0.5) is 0 Å². The minimum atomic E-state index is -0.139. The summed E-state index contributed by atoms with van der Waals surface area (Å²) < 4.78 is 11.1. The van der Waals surface area contributed by atoms with E-state index in [0.29, 0.717) is 18.3 Å². The van der Waals surface area contributed by atoms with Crippen molar-refractivity contribution in [2.45, 2.75) is 50.0 Å². The number of ether oxygens (including phenoxy) is 1. The van der Waals surface area contributed by atoms with E-state index in [9.17, 15) is 4.79 Å². The minimum absolute atomic E-state index is 0.0567. The van der Waals surface area contributed by atoms with Crippen molar-refractivity contribution in [1.82, 2.24) is 15.0 Å². The molecule has 25 heavy (non-hydrogen) atoms. The lowest BCUT2D eigenvalue weighted by molar-refractivity contribution is -0.134. The van der Waals surface area contributed by atoms with E-state index in [1.54, 1.807) is 0 Å². The van der Waals surface area contributed by atoms with Crippen LogP contribution in [0.2, 0.25) is 0 Å². The lowest BCUT2D eigenvalue weighted by Gasteiger charge is -2.30. The molecule has 1 saturated carbocycles. The fourth-order valence-electron chi connectivity index (χ4n) is 3.98. The third-order valence-electron chi connectivity index (χ3n) is 5.47. The molecule has 3 aliphatic rings. The van der Waals surface area contributed by atoms with E-state index < -0.39 is 0 Å². The Labute approximate surface area is 146 Å². The Morgan fingerprint density at radius 1 is 1.16 bits per heavy atom. The van der Waals surface area contributed by atoms with Crippen LogP contribution in [-0.2, 0) is 4.79 Å². The lowest BCUT2D eigenvalue weighted by Crippen LogP contribution is -2.37. The zero-order valence-electron chi connectivity index (χ0n) is 14.1. The van der Waals surface area contributed by atoms with Gasteiger partial charge >= 0.3 is 0 Å². The summed E-state index contributed by atoms with van der Waals surface area (Å²) in [6, 6.07) is 7.80. The average molecular weight is 339 g/mol. The number of likely N-dealkylation sites (tertiary alicyclic amines) is 1. The zero-order valence-corrected chi connectivity index (χ0v) is 14.1. The van der Waals surface area contributed by atoms with Gasteiger partial charge in [-0.05, 0) is 38.2 Å². The van der Waals surface area contributed by atoms with Crippen LogP contribution in [0.1, 0.15) is 67.3 Å². The van der Waals surface area contributed by atoms with E-state index in [2.05, 4.69) is 10.1 Å². The number of benzene rings is 1. The van der Waals surface area contributed by atoms with Crippen LogP contribution in [0, 0.1) is 0 Å². The Balaban J connectivity index is 1.41. The predicted molar refractivity (Wildman–Crippen MR) is 89.3 cm³/mol. The van der Waals surface area contributed by atoms with Crippen molar-refractivity contribution < 1.29 is 14.1 Å². The molecule has 0 spiro atoms. The summed E-state index contributed by atoms with van der Waals surface area (Å²) in [6.07, 6.45) is 4.87. The van der Waals surface area contributed by atoms with Crippen LogP contribution in [0.5, 0.6) is 5.75 Å². The number of hydrogen-bond acceptors (Lipinski definition) is 5. The first-order valence-corrected chi connectivity index (χ1v) is 9.17. The maximum absolute atomic E-state index is 13.3. The molecule has 130 valence electrons. The third kappa shape index (κ3) is 2.60. The number of hydrogen-bond donors (Lipinski definition) is 0. The first-order chi connectivity index (χ1) is 12.3. The standard InChI is InChI=1S/C19H21N3O3/c23-19(14-9-11-24-16-6-2-1-4-13(14)16)22-10-3-5-15(22)17-20-18(25-21-17)12-7-8-12/h1-2,4,6,12,14-15H,3,5,7-11H2/t14-,15-/m0/s1. The summed E-state index contributed by atoms with van der Waals surface area (Å²) in [6.45, 7) is 1.34. The quantitative estimate of drug-likeness (QED) is 0.859. The summed E-state index contributed by atoms with van der Waals surface area (Å²) >= 11 is 0. The van der Waals surface area contributed by atoms with Crippen molar-refractivity contribution in [2.24, 2.45) is 0 Å². The second kappa shape index (κ2) is 5.86. The molecule has 5 rings (SSSR count). The Bertz CT molecular complexity index is 799. The van der Waals surface area contributed by atoms with Gasteiger partial charge in [0.25, 0.3) is 0 Å². The van der Waals surface area contributed by atoms with Gasteiger partial charge in [0, 0.05) is 18.0 Å². The van der Waals surface area contributed by atoms with Crippen LogP contribution in [0.25, 0.3) is 0 Å². The van der Waals surface area contributed by atoms with Gasteiger partial charge in [0.15, 0.2) is 5.82 Å². The largest absolute Gasteiger partial charge is 0.493 e. The van der Waals surface area contributed by atoms with E-state index in [4.69, 9.17) is 9.26 Å². The smallest absolute Gasteiger partial charge is 0.231 e. The fourth-order valence-corrected chi connectivity index (χ4v) is 3.98. The topological polar surface area (TPSA) is 68.5 Å². The lowest BCUT2D eigenvalue weighted by atomic mass is 9.91. The maximum atomic E-state index is 13.3. The molecule has 2 aliphatic heterocycles. The van der Waals surface area contributed by atoms with Gasteiger partial charge in [-0.1, -0.05) is 23.4 Å². The first kappa shape index (κ1) is 14.9. The van der Waals surface area contributed by atoms with Crippen LogP contribution in [-0.4, -0.2) is 34.1 Å². The van der Waals surface area contributed by atoms with Gasteiger partial charge in [0.05, 0.1) is 18.6 Å². The molecule has 2 atom stereocenters. The number of rotatable bonds is 3. The number of fused-ring (bicyclic) bond motifs is 1. The fraction of sp³-hybridized carbons (Fsp3) is 0.526. The highest BCUT2D eigenvalue weighted by molar-refractivity contribution is 5.85. The van der Waals surface area contributed by atoms with Crippen LogP contribution >= 0.6 is 0 Å². The minimum Gasteiger partial charge on any atom is -0.493 e. The van der Waals surface area contributed by atoms with Gasteiger partial charge in [-0.25, -0.2) is 0 Å². The van der Waals surface area contributed by atoms with Crippen molar-refractivity contribution in [1.29, 1.82) is 0 Å². The van der Waals surface area contributed by atoms with Crippen LogP contribution in [0.15, 0.2) is 28.8 Å². The second-order valence-electron chi connectivity index (χ2n) is 7.18. The van der Waals surface area contributed by atoms with Gasteiger partial charge in [0.1, 0.15) is 5.75 Å². The van der Waals surface area contributed by atoms with E-state index in [0.717, 1.165) is 55.9 Å². The van der Waals surface area contributed by atoms with Gasteiger partial charge < -0.3 is 14.2 Å². The second-order valence-corrected chi connectivity index (χ2v) is 7.18. The zero-order chi connectivity index (χ0) is 16.8.